The maximum atomic E-state index is 6.02. The van der Waals surface area contributed by atoms with Crippen LogP contribution in [0.15, 0.2) is 18.2 Å². The van der Waals surface area contributed by atoms with Gasteiger partial charge in [-0.3, -0.25) is 0 Å². The van der Waals surface area contributed by atoms with E-state index in [9.17, 15) is 0 Å². The third-order valence-electron chi connectivity index (χ3n) is 3.22. The molecule has 1 fully saturated rings. The standard InChI is InChI=1S/C15H23NO3/c1-3-16-10-12-6-7-14(17-2)15(9-12)19-13-5-4-8-18-11-13/h6-7,9,13,16H,3-5,8,10-11H2,1-2H3. The van der Waals surface area contributed by atoms with Gasteiger partial charge < -0.3 is 19.5 Å². The maximum Gasteiger partial charge on any atom is 0.162 e. The van der Waals surface area contributed by atoms with Crippen LogP contribution in [0.25, 0.3) is 0 Å². The second-order valence-electron chi connectivity index (χ2n) is 4.72. The summed E-state index contributed by atoms with van der Waals surface area (Å²) in [6.45, 7) is 5.41. The topological polar surface area (TPSA) is 39.7 Å². The molecule has 0 saturated carbocycles. The Labute approximate surface area is 115 Å². The molecular formula is C15H23NO3. The SMILES string of the molecule is CCNCc1ccc(OC)c(OC2CCCOC2)c1. The van der Waals surface area contributed by atoms with E-state index in [4.69, 9.17) is 14.2 Å². The van der Waals surface area contributed by atoms with Gasteiger partial charge in [0, 0.05) is 13.2 Å². The first kappa shape index (κ1) is 14.2. The largest absolute Gasteiger partial charge is 0.493 e. The zero-order valence-corrected chi connectivity index (χ0v) is 11.8. The predicted molar refractivity (Wildman–Crippen MR) is 74.8 cm³/mol. The molecule has 1 N–H and O–H groups in total. The second-order valence-corrected chi connectivity index (χ2v) is 4.72. The van der Waals surface area contributed by atoms with Gasteiger partial charge in [0.15, 0.2) is 11.5 Å². The number of methoxy groups -OCH3 is 1. The molecule has 0 aromatic heterocycles. The number of rotatable bonds is 6. The van der Waals surface area contributed by atoms with Crippen molar-refractivity contribution in [3.05, 3.63) is 23.8 Å². The summed E-state index contributed by atoms with van der Waals surface area (Å²) >= 11 is 0. The lowest BCUT2D eigenvalue weighted by atomic mass is 10.1. The Hall–Kier alpha value is -1.26. The summed E-state index contributed by atoms with van der Waals surface area (Å²) in [5.41, 5.74) is 1.20. The van der Waals surface area contributed by atoms with Gasteiger partial charge in [0.1, 0.15) is 6.10 Å². The van der Waals surface area contributed by atoms with E-state index in [1.165, 1.54) is 5.56 Å². The first-order valence-corrected chi connectivity index (χ1v) is 6.95. The van der Waals surface area contributed by atoms with Crippen molar-refractivity contribution in [2.24, 2.45) is 0 Å². The normalized spacial score (nSPS) is 19.2. The highest BCUT2D eigenvalue weighted by Gasteiger charge is 2.17. The Bertz CT molecular complexity index is 389. The first-order chi connectivity index (χ1) is 9.33. The lowest BCUT2D eigenvalue weighted by molar-refractivity contribution is 0.00641. The molecule has 1 aromatic carbocycles. The van der Waals surface area contributed by atoms with E-state index in [0.29, 0.717) is 6.61 Å². The van der Waals surface area contributed by atoms with Crippen LogP contribution in [0.1, 0.15) is 25.3 Å². The van der Waals surface area contributed by atoms with Gasteiger partial charge in [-0.05, 0) is 37.1 Å². The average Bonchev–Trinajstić information content (AvgIpc) is 2.46. The van der Waals surface area contributed by atoms with Gasteiger partial charge in [0.05, 0.1) is 13.7 Å². The Morgan fingerprint density at radius 1 is 1.37 bits per heavy atom. The summed E-state index contributed by atoms with van der Waals surface area (Å²) in [6, 6.07) is 6.08. The Morgan fingerprint density at radius 2 is 2.26 bits per heavy atom. The van der Waals surface area contributed by atoms with Gasteiger partial charge in [-0.15, -0.1) is 0 Å². The minimum Gasteiger partial charge on any atom is -0.493 e. The monoisotopic (exact) mass is 265 g/mol. The average molecular weight is 265 g/mol. The van der Waals surface area contributed by atoms with E-state index in [-0.39, 0.29) is 6.10 Å². The molecule has 1 aliphatic rings. The van der Waals surface area contributed by atoms with E-state index < -0.39 is 0 Å². The summed E-state index contributed by atoms with van der Waals surface area (Å²) in [4.78, 5) is 0. The van der Waals surface area contributed by atoms with Gasteiger partial charge in [0.25, 0.3) is 0 Å². The van der Waals surface area contributed by atoms with Crippen LogP contribution < -0.4 is 14.8 Å². The number of benzene rings is 1. The summed E-state index contributed by atoms with van der Waals surface area (Å²) in [7, 11) is 1.67. The molecule has 1 aliphatic heterocycles. The number of ether oxygens (including phenoxy) is 3. The highest BCUT2D eigenvalue weighted by atomic mass is 16.5. The molecule has 0 aliphatic carbocycles. The molecule has 4 heteroatoms. The smallest absolute Gasteiger partial charge is 0.162 e. The van der Waals surface area contributed by atoms with E-state index in [2.05, 4.69) is 24.4 Å². The van der Waals surface area contributed by atoms with Crippen molar-refractivity contribution in [3.63, 3.8) is 0 Å². The van der Waals surface area contributed by atoms with Crippen LogP contribution in [0, 0.1) is 0 Å². The van der Waals surface area contributed by atoms with Gasteiger partial charge in [-0.25, -0.2) is 0 Å². The Kier molecular flexibility index (Phi) is 5.48. The maximum absolute atomic E-state index is 6.02. The first-order valence-electron chi connectivity index (χ1n) is 6.95. The molecule has 106 valence electrons. The van der Waals surface area contributed by atoms with E-state index >= 15 is 0 Å². The van der Waals surface area contributed by atoms with Gasteiger partial charge in [0.2, 0.25) is 0 Å². The zero-order valence-electron chi connectivity index (χ0n) is 11.8. The molecule has 2 rings (SSSR count). The Balaban J connectivity index is 2.06. The third-order valence-corrected chi connectivity index (χ3v) is 3.22. The zero-order chi connectivity index (χ0) is 13.5. The molecule has 0 spiro atoms. The van der Waals surface area contributed by atoms with Gasteiger partial charge >= 0.3 is 0 Å². The molecule has 19 heavy (non-hydrogen) atoms. The lowest BCUT2D eigenvalue weighted by Gasteiger charge is -2.24. The Morgan fingerprint density at radius 3 is 2.95 bits per heavy atom. The van der Waals surface area contributed by atoms with E-state index in [1.54, 1.807) is 7.11 Å². The fourth-order valence-corrected chi connectivity index (χ4v) is 2.18. The molecule has 1 atom stereocenters. The number of hydrogen-bond donors (Lipinski definition) is 1. The van der Waals surface area contributed by atoms with E-state index in [0.717, 1.165) is 44.0 Å². The highest BCUT2D eigenvalue weighted by Crippen LogP contribution is 2.30. The molecule has 1 heterocycles. The quantitative estimate of drug-likeness (QED) is 0.857. The fourth-order valence-electron chi connectivity index (χ4n) is 2.18. The van der Waals surface area contributed by atoms with Crippen LogP contribution in [-0.2, 0) is 11.3 Å². The van der Waals surface area contributed by atoms with Crippen LogP contribution in [-0.4, -0.2) is 33.0 Å². The van der Waals surface area contributed by atoms with Crippen molar-refractivity contribution in [2.75, 3.05) is 26.9 Å². The molecule has 4 nitrogen and oxygen atoms in total. The van der Waals surface area contributed by atoms with Crippen LogP contribution in [0.3, 0.4) is 0 Å². The van der Waals surface area contributed by atoms with Crippen LogP contribution in [0.2, 0.25) is 0 Å². The van der Waals surface area contributed by atoms with Crippen molar-refractivity contribution in [3.8, 4) is 11.5 Å². The molecule has 1 saturated heterocycles. The fraction of sp³-hybridized carbons (Fsp3) is 0.600. The lowest BCUT2D eigenvalue weighted by Crippen LogP contribution is -2.28. The van der Waals surface area contributed by atoms with E-state index in [1.807, 2.05) is 6.07 Å². The van der Waals surface area contributed by atoms with Crippen LogP contribution in [0.4, 0.5) is 0 Å². The molecule has 0 amide bonds. The van der Waals surface area contributed by atoms with Crippen molar-refractivity contribution >= 4 is 0 Å². The molecular weight excluding hydrogens is 242 g/mol. The molecule has 0 bridgehead atoms. The molecule has 1 unspecified atom stereocenters. The summed E-state index contributed by atoms with van der Waals surface area (Å²) in [5.74, 6) is 1.60. The minimum atomic E-state index is 0.136. The number of nitrogens with one attached hydrogen (secondary N) is 1. The second kappa shape index (κ2) is 7.36. The van der Waals surface area contributed by atoms with Crippen molar-refractivity contribution in [1.29, 1.82) is 0 Å². The summed E-state index contributed by atoms with van der Waals surface area (Å²) < 4.78 is 16.8. The van der Waals surface area contributed by atoms with Crippen LogP contribution >= 0.6 is 0 Å². The highest BCUT2D eigenvalue weighted by molar-refractivity contribution is 5.43. The molecule has 0 radical (unpaired) electrons. The number of hydrogen-bond acceptors (Lipinski definition) is 4. The summed E-state index contributed by atoms with van der Waals surface area (Å²) in [5, 5.41) is 3.31. The summed E-state index contributed by atoms with van der Waals surface area (Å²) in [6.07, 6.45) is 2.24. The van der Waals surface area contributed by atoms with Crippen molar-refractivity contribution < 1.29 is 14.2 Å². The third kappa shape index (κ3) is 4.11. The molecule has 1 aromatic rings. The minimum absolute atomic E-state index is 0.136. The van der Waals surface area contributed by atoms with Crippen molar-refractivity contribution in [1.82, 2.24) is 5.32 Å². The van der Waals surface area contributed by atoms with Gasteiger partial charge in [-0.1, -0.05) is 13.0 Å². The van der Waals surface area contributed by atoms with Crippen LogP contribution in [0.5, 0.6) is 11.5 Å². The predicted octanol–water partition coefficient (Wildman–Crippen LogP) is 2.36. The van der Waals surface area contributed by atoms with Crippen molar-refractivity contribution in [2.45, 2.75) is 32.4 Å². The van der Waals surface area contributed by atoms with Gasteiger partial charge in [-0.2, -0.15) is 0 Å².